The van der Waals surface area contributed by atoms with Crippen LogP contribution in [0.3, 0.4) is 0 Å². The Bertz CT molecular complexity index is 997. The van der Waals surface area contributed by atoms with E-state index in [0.29, 0.717) is 0 Å². The van der Waals surface area contributed by atoms with E-state index in [0.717, 1.165) is 61.5 Å². The number of ketones is 1. The number of fused-ring (bicyclic) bond motifs is 1. The zero-order valence-electron chi connectivity index (χ0n) is 16.5. The van der Waals surface area contributed by atoms with Crippen LogP contribution in [-0.2, 0) is 18.5 Å². The van der Waals surface area contributed by atoms with Gasteiger partial charge in [0, 0.05) is 50.9 Å². The van der Waals surface area contributed by atoms with Crippen molar-refractivity contribution in [1.82, 2.24) is 14.8 Å². The average molecular weight is 383 g/mol. The molecule has 1 saturated heterocycles. The lowest BCUT2D eigenvalue weighted by Gasteiger charge is -2.45. The molecule has 5 rings (SSSR count). The summed E-state index contributed by atoms with van der Waals surface area (Å²) in [5.74, 6) is 0.248. The van der Waals surface area contributed by atoms with Gasteiger partial charge in [-0.1, -0.05) is 60.7 Å². The van der Waals surface area contributed by atoms with Gasteiger partial charge in [-0.15, -0.1) is 0 Å². The molecule has 0 saturated carbocycles. The van der Waals surface area contributed by atoms with Crippen LogP contribution in [0.4, 0.5) is 0 Å². The van der Waals surface area contributed by atoms with Crippen LogP contribution in [0.15, 0.2) is 79.0 Å². The van der Waals surface area contributed by atoms with Crippen LogP contribution < -0.4 is 0 Å². The maximum absolute atomic E-state index is 13.7. The molecule has 146 valence electrons. The molecule has 4 nitrogen and oxygen atoms in total. The normalized spacial score (nSPS) is 22.6. The van der Waals surface area contributed by atoms with E-state index >= 15 is 0 Å². The van der Waals surface area contributed by atoms with Gasteiger partial charge in [-0.25, -0.2) is 0 Å². The predicted octanol–water partition coefficient (Wildman–Crippen LogP) is 3.53. The van der Waals surface area contributed by atoms with Crippen LogP contribution in [0, 0.1) is 0 Å². The Labute approximate surface area is 171 Å². The van der Waals surface area contributed by atoms with Gasteiger partial charge < -0.3 is 0 Å². The number of hydrogen-bond acceptors (Lipinski definition) is 4. The molecule has 1 unspecified atom stereocenters. The minimum atomic E-state index is -0.581. The van der Waals surface area contributed by atoms with Gasteiger partial charge in [-0.3, -0.25) is 19.6 Å². The summed E-state index contributed by atoms with van der Waals surface area (Å²) < 4.78 is 0. The Morgan fingerprint density at radius 1 is 0.828 bits per heavy atom. The summed E-state index contributed by atoms with van der Waals surface area (Å²) in [6.45, 7) is 4.49. The number of aromatic nitrogens is 1. The maximum Gasteiger partial charge on any atom is 0.188 e. The number of benzene rings is 2. The van der Waals surface area contributed by atoms with E-state index in [4.69, 9.17) is 0 Å². The number of piperazine rings is 1. The zero-order chi connectivity index (χ0) is 19.7. The Hall–Kier alpha value is -2.82. The number of pyridine rings is 1. The van der Waals surface area contributed by atoms with Crippen molar-refractivity contribution >= 4 is 5.78 Å². The van der Waals surface area contributed by atoms with Crippen molar-refractivity contribution < 1.29 is 4.79 Å². The van der Waals surface area contributed by atoms with Crippen LogP contribution >= 0.6 is 0 Å². The van der Waals surface area contributed by atoms with Crippen LogP contribution in [0.1, 0.15) is 27.2 Å². The van der Waals surface area contributed by atoms with Gasteiger partial charge in [0.1, 0.15) is 5.54 Å². The van der Waals surface area contributed by atoms with E-state index in [1.54, 1.807) is 0 Å². The molecule has 2 heterocycles. The lowest BCUT2D eigenvalue weighted by molar-refractivity contribution is 0.0286. The molecule has 1 atom stereocenters. The molecular weight excluding hydrogens is 358 g/mol. The second kappa shape index (κ2) is 7.54. The Morgan fingerprint density at radius 2 is 1.55 bits per heavy atom. The zero-order valence-corrected chi connectivity index (χ0v) is 16.5. The molecule has 0 radical (unpaired) electrons. The van der Waals surface area contributed by atoms with E-state index in [1.165, 1.54) is 0 Å². The monoisotopic (exact) mass is 383 g/mol. The van der Waals surface area contributed by atoms with Crippen molar-refractivity contribution in [3.8, 4) is 0 Å². The lowest BCUT2D eigenvalue weighted by atomic mass is 9.83. The summed E-state index contributed by atoms with van der Waals surface area (Å²) in [4.78, 5) is 23.0. The Morgan fingerprint density at radius 3 is 2.28 bits per heavy atom. The summed E-state index contributed by atoms with van der Waals surface area (Å²) >= 11 is 0. The highest BCUT2D eigenvalue weighted by atomic mass is 16.1. The van der Waals surface area contributed by atoms with Crippen LogP contribution in [0.5, 0.6) is 0 Å². The largest absolute Gasteiger partial charge is 0.295 e. The molecule has 0 bridgehead atoms. The number of rotatable bonds is 4. The molecule has 4 heteroatoms. The molecule has 2 aromatic carbocycles. The molecular formula is C25H25N3O. The first kappa shape index (κ1) is 18.2. The van der Waals surface area contributed by atoms with Crippen LogP contribution in [0.2, 0.25) is 0 Å². The standard InChI is InChI=1S/C25H25N3O/c29-24-23-12-5-4-8-20(23)18-25(24,21-9-2-1-3-10-21)28-16-14-27(15-17-28)19-22-11-6-7-13-26-22/h1-13H,14-19H2. The Kier molecular flexibility index (Phi) is 4.74. The van der Waals surface area contributed by atoms with Crippen molar-refractivity contribution in [2.24, 2.45) is 0 Å². The smallest absolute Gasteiger partial charge is 0.188 e. The third kappa shape index (κ3) is 3.18. The Balaban J connectivity index is 1.42. The van der Waals surface area contributed by atoms with Gasteiger partial charge in [0.05, 0.1) is 5.69 Å². The fraction of sp³-hybridized carbons (Fsp3) is 0.280. The molecule has 2 aliphatic rings. The first-order chi connectivity index (χ1) is 14.3. The van der Waals surface area contributed by atoms with Crippen LogP contribution in [-0.4, -0.2) is 46.7 Å². The predicted molar refractivity (Wildman–Crippen MR) is 114 cm³/mol. The summed E-state index contributed by atoms with van der Waals surface area (Å²) in [6, 6.07) is 24.5. The maximum atomic E-state index is 13.7. The van der Waals surface area contributed by atoms with E-state index in [9.17, 15) is 4.79 Å². The number of carbonyl (C=O) groups excluding carboxylic acids is 1. The fourth-order valence-electron chi connectivity index (χ4n) is 4.87. The van der Waals surface area contributed by atoms with Gasteiger partial charge in [-0.2, -0.15) is 0 Å². The molecule has 29 heavy (non-hydrogen) atoms. The molecule has 3 aromatic rings. The van der Waals surface area contributed by atoms with Crippen molar-refractivity contribution in [1.29, 1.82) is 0 Å². The van der Waals surface area contributed by atoms with E-state index in [-0.39, 0.29) is 5.78 Å². The lowest BCUT2D eigenvalue weighted by Crippen LogP contribution is -2.58. The van der Waals surface area contributed by atoms with E-state index < -0.39 is 5.54 Å². The molecule has 0 N–H and O–H groups in total. The van der Waals surface area contributed by atoms with Crippen molar-refractivity contribution in [3.63, 3.8) is 0 Å². The SMILES string of the molecule is O=C1c2ccccc2CC1(c1ccccc1)N1CCN(Cc2ccccn2)CC1. The van der Waals surface area contributed by atoms with Crippen molar-refractivity contribution in [2.75, 3.05) is 26.2 Å². The number of hydrogen-bond donors (Lipinski definition) is 0. The first-order valence-corrected chi connectivity index (χ1v) is 10.3. The quantitative estimate of drug-likeness (QED) is 0.691. The topological polar surface area (TPSA) is 36.4 Å². The second-order valence-corrected chi connectivity index (χ2v) is 7.97. The highest BCUT2D eigenvalue weighted by Crippen LogP contribution is 2.42. The third-order valence-corrected chi connectivity index (χ3v) is 6.36. The second-order valence-electron chi connectivity index (χ2n) is 7.97. The number of Topliss-reactive ketones (excluding diaryl/α,β-unsaturated/α-hetero) is 1. The molecule has 0 amide bonds. The number of nitrogens with zero attached hydrogens (tertiary/aromatic N) is 3. The summed E-state index contributed by atoms with van der Waals surface area (Å²) in [6.07, 6.45) is 2.61. The minimum absolute atomic E-state index is 0.248. The molecule has 1 fully saturated rings. The highest BCUT2D eigenvalue weighted by Gasteiger charge is 2.51. The molecule has 1 aliphatic carbocycles. The van der Waals surface area contributed by atoms with Gasteiger partial charge in [0.15, 0.2) is 5.78 Å². The minimum Gasteiger partial charge on any atom is -0.295 e. The first-order valence-electron chi connectivity index (χ1n) is 10.3. The van der Waals surface area contributed by atoms with E-state index in [2.05, 4.69) is 39.0 Å². The third-order valence-electron chi connectivity index (χ3n) is 6.36. The fourth-order valence-corrected chi connectivity index (χ4v) is 4.87. The molecule has 1 aromatic heterocycles. The molecule has 0 spiro atoms. The van der Waals surface area contributed by atoms with Gasteiger partial charge in [-0.05, 0) is 23.3 Å². The van der Waals surface area contributed by atoms with Gasteiger partial charge in [0.2, 0.25) is 0 Å². The summed E-state index contributed by atoms with van der Waals surface area (Å²) in [7, 11) is 0. The van der Waals surface area contributed by atoms with Gasteiger partial charge >= 0.3 is 0 Å². The average Bonchev–Trinajstić information content (AvgIpc) is 3.09. The summed E-state index contributed by atoms with van der Waals surface area (Å²) in [5.41, 5.74) is 3.68. The van der Waals surface area contributed by atoms with Crippen molar-refractivity contribution in [2.45, 2.75) is 18.5 Å². The van der Waals surface area contributed by atoms with Crippen LogP contribution in [0.25, 0.3) is 0 Å². The van der Waals surface area contributed by atoms with E-state index in [1.807, 2.05) is 54.7 Å². The highest BCUT2D eigenvalue weighted by molar-refractivity contribution is 6.08. The summed E-state index contributed by atoms with van der Waals surface area (Å²) in [5, 5.41) is 0. The van der Waals surface area contributed by atoms with Gasteiger partial charge in [0.25, 0.3) is 0 Å². The number of carbonyl (C=O) groups is 1. The molecule has 1 aliphatic heterocycles. The van der Waals surface area contributed by atoms with Crippen molar-refractivity contribution in [3.05, 3.63) is 101 Å².